The van der Waals surface area contributed by atoms with Gasteiger partial charge in [0.2, 0.25) is 0 Å². The van der Waals surface area contributed by atoms with Gasteiger partial charge in [-0.25, -0.2) is 4.39 Å². The van der Waals surface area contributed by atoms with E-state index >= 15 is 0 Å². The van der Waals surface area contributed by atoms with E-state index in [4.69, 9.17) is 4.74 Å². The first-order valence-electron chi connectivity index (χ1n) is 9.81. The number of amides is 1. The number of halogens is 1. The van der Waals surface area contributed by atoms with Crippen molar-refractivity contribution in [1.82, 2.24) is 4.90 Å². The van der Waals surface area contributed by atoms with E-state index in [0.29, 0.717) is 19.2 Å². The van der Waals surface area contributed by atoms with E-state index in [1.165, 1.54) is 12.1 Å². The van der Waals surface area contributed by atoms with Gasteiger partial charge in [0.1, 0.15) is 5.82 Å². The molecule has 2 aromatic carbocycles. The lowest BCUT2D eigenvalue weighted by Gasteiger charge is -2.36. The molecule has 0 bridgehead atoms. The highest BCUT2D eigenvalue weighted by molar-refractivity contribution is 5.94. The van der Waals surface area contributed by atoms with Gasteiger partial charge >= 0.3 is 0 Å². The van der Waals surface area contributed by atoms with Gasteiger partial charge in [0.25, 0.3) is 5.91 Å². The number of hydrogen-bond donors (Lipinski definition) is 0. The standard InChI is InChI=1S/C22H26FN3O2/c1-28-21-10-11-26(16-21)20-6-2-17(3-7-20)22(27)25-14-12-24(13-15-25)19-8-4-18(23)5-9-19/h2-9,21H,10-16H2,1H3. The highest BCUT2D eigenvalue weighted by Gasteiger charge is 2.24. The average molecular weight is 383 g/mol. The number of benzene rings is 2. The van der Waals surface area contributed by atoms with E-state index in [0.717, 1.165) is 49.5 Å². The van der Waals surface area contributed by atoms with E-state index in [1.54, 1.807) is 19.2 Å². The van der Waals surface area contributed by atoms with Crippen molar-refractivity contribution in [3.63, 3.8) is 0 Å². The third-order valence-corrected chi connectivity index (χ3v) is 5.72. The minimum atomic E-state index is -0.229. The predicted octanol–water partition coefficient (Wildman–Crippen LogP) is 3.01. The number of rotatable bonds is 4. The first-order chi connectivity index (χ1) is 13.6. The zero-order chi connectivity index (χ0) is 19.5. The number of piperazine rings is 1. The minimum Gasteiger partial charge on any atom is -0.380 e. The topological polar surface area (TPSA) is 36.0 Å². The van der Waals surface area contributed by atoms with Gasteiger partial charge < -0.3 is 19.4 Å². The van der Waals surface area contributed by atoms with Gasteiger partial charge in [-0.2, -0.15) is 0 Å². The molecule has 4 rings (SSSR count). The maximum absolute atomic E-state index is 13.1. The summed E-state index contributed by atoms with van der Waals surface area (Å²) in [7, 11) is 1.76. The lowest BCUT2D eigenvalue weighted by molar-refractivity contribution is 0.0747. The molecule has 6 heteroatoms. The summed E-state index contributed by atoms with van der Waals surface area (Å²) >= 11 is 0. The Hall–Kier alpha value is -2.60. The molecule has 1 unspecified atom stereocenters. The molecule has 0 spiro atoms. The smallest absolute Gasteiger partial charge is 0.253 e. The number of carbonyl (C=O) groups is 1. The molecule has 1 amide bonds. The summed E-state index contributed by atoms with van der Waals surface area (Å²) in [5, 5.41) is 0. The van der Waals surface area contributed by atoms with Gasteiger partial charge in [0.15, 0.2) is 0 Å². The molecule has 148 valence electrons. The Balaban J connectivity index is 1.34. The molecule has 5 nitrogen and oxygen atoms in total. The first kappa shape index (κ1) is 18.7. The molecule has 0 saturated carbocycles. The third kappa shape index (κ3) is 3.97. The SMILES string of the molecule is COC1CCN(c2ccc(C(=O)N3CCN(c4ccc(F)cc4)CC3)cc2)C1. The van der Waals surface area contributed by atoms with Gasteiger partial charge in [0.05, 0.1) is 6.10 Å². The highest BCUT2D eigenvalue weighted by atomic mass is 19.1. The molecule has 2 saturated heterocycles. The van der Waals surface area contributed by atoms with Crippen molar-refractivity contribution in [2.24, 2.45) is 0 Å². The van der Waals surface area contributed by atoms with Gasteiger partial charge in [-0.1, -0.05) is 0 Å². The molecular weight excluding hydrogens is 357 g/mol. The second-order valence-electron chi connectivity index (χ2n) is 7.39. The van der Waals surface area contributed by atoms with Crippen molar-refractivity contribution >= 4 is 17.3 Å². The van der Waals surface area contributed by atoms with Gasteiger partial charge in [-0.15, -0.1) is 0 Å². The second kappa shape index (κ2) is 8.19. The summed E-state index contributed by atoms with van der Waals surface area (Å²) in [6.07, 6.45) is 1.33. The van der Waals surface area contributed by atoms with Crippen LogP contribution in [0.1, 0.15) is 16.8 Å². The average Bonchev–Trinajstić information content (AvgIpc) is 3.23. The quantitative estimate of drug-likeness (QED) is 0.813. The Morgan fingerprint density at radius 2 is 1.50 bits per heavy atom. The van der Waals surface area contributed by atoms with Crippen molar-refractivity contribution in [3.8, 4) is 0 Å². The molecule has 0 N–H and O–H groups in total. The zero-order valence-corrected chi connectivity index (χ0v) is 16.2. The zero-order valence-electron chi connectivity index (χ0n) is 16.2. The fourth-order valence-corrected chi connectivity index (χ4v) is 3.97. The summed E-state index contributed by atoms with van der Waals surface area (Å²) in [5.41, 5.74) is 2.86. The van der Waals surface area contributed by atoms with Crippen LogP contribution in [0.15, 0.2) is 48.5 Å². The van der Waals surface area contributed by atoms with Crippen LogP contribution in [0.25, 0.3) is 0 Å². The molecule has 0 radical (unpaired) electrons. The van der Waals surface area contributed by atoms with E-state index in [9.17, 15) is 9.18 Å². The normalized spacial score (nSPS) is 19.9. The fourth-order valence-electron chi connectivity index (χ4n) is 3.97. The predicted molar refractivity (Wildman–Crippen MR) is 109 cm³/mol. The summed E-state index contributed by atoms with van der Waals surface area (Å²) in [5.74, 6) is -0.158. The number of methoxy groups -OCH3 is 1. The second-order valence-corrected chi connectivity index (χ2v) is 7.39. The Labute approximate surface area is 165 Å². The number of nitrogens with zero attached hydrogens (tertiary/aromatic N) is 3. The van der Waals surface area contributed by atoms with Crippen molar-refractivity contribution in [3.05, 3.63) is 59.9 Å². The maximum Gasteiger partial charge on any atom is 0.253 e. The van der Waals surface area contributed by atoms with Gasteiger partial charge in [-0.05, 0) is 55.0 Å². The van der Waals surface area contributed by atoms with Crippen molar-refractivity contribution in [2.75, 3.05) is 56.2 Å². The third-order valence-electron chi connectivity index (χ3n) is 5.72. The lowest BCUT2D eigenvalue weighted by Crippen LogP contribution is -2.48. The number of anilines is 2. The van der Waals surface area contributed by atoms with Crippen LogP contribution in [-0.2, 0) is 4.74 Å². The Kier molecular flexibility index (Phi) is 5.48. The summed E-state index contributed by atoms with van der Waals surface area (Å²) in [6.45, 7) is 4.72. The van der Waals surface area contributed by atoms with Crippen LogP contribution in [-0.4, -0.2) is 63.3 Å². The molecule has 2 heterocycles. The molecule has 2 aliphatic rings. The Morgan fingerprint density at radius 1 is 0.893 bits per heavy atom. The molecule has 28 heavy (non-hydrogen) atoms. The van der Waals surface area contributed by atoms with Crippen molar-refractivity contribution in [1.29, 1.82) is 0 Å². The number of hydrogen-bond acceptors (Lipinski definition) is 4. The maximum atomic E-state index is 13.1. The van der Waals surface area contributed by atoms with E-state index < -0.39 is 0 Å². The molecule has 0 aliphatic carbocycles. The van der Waals surface area contributed by atoms with Gasteiger partial charge in [-0.3, -0.25) is 4.79 Å². The van der Waals surface area contributed by atoms with Gasteiger partial charge in [0, 0.05) is 63.3 Å². The van der Waals surface area contributed by atoms with Crippen LogP contribution in [0.3, 0.4) is 0 Å². The largest absolute Gasteiger partial charge is 0.380 e. The summed E-state index contributed by atoms with van der Waals surface area (Å²) in [4.78, 5) is 19.2. The first-order valence-corrected chi connectivity index (χ1v) is 9.81. The highest BCUT2D eigenvalue weighted by Crippen LogP contribution is 2.23. The Bertz CT molecular complexity index is 802. The van der Waals surface area contributed by atoms with Crippen LogP contribution >= 0.6 is 0 Å². The summed E-state index contributed by atoms with van der Waals surface area (Å²) < 4.78 is 18.5. The van der Waals surface area contributed by atoms with Crippen LogP contribution < -0.4 is 9.80 Å². The summed E-state index contributed by atoms with van der Waals surface area (Å²) in [6, 6.07) is 14.4. The molecule has 2 fully saturated rings. The number of carbonyl (C=O) groups excluding carboxylic acids is 1. The molecule has 2 aliphatic heterocycles. The minimum absolute atomic E-state index is 0.0708. The van der Waals surface area contributed by atoms with Crippen LogP contribution in [0.2, 0.25) is 0 Å². The van der Waals surface area contributed by atoms with E-state index in [1.807, 2.05) is 29.2 Å². The molecule has 0 aromatic heterocycles. The molecule has 1 atom stereocenters. The Morgan fingerprint density at radius 3 is 2.11 bits per heavy atom. The van der Waals surface area contributed by atoms with Crippen LogP contribution in [0, 0.1) is 5.82 Å². The van der Waals surface area contributed by atoms with Crippen LogP contribution in [0.5, 0.6) is 0 Å². The van der Waals surface area contributed by atoms with Crippen molar-refractivity contribution in [2.45, 2.75) is 12.5 Å². The van der Waals surface area contributed by atoms with E-state index in [-0.39, 0.29) is 11.7 Å². The van der Waals surface area contributed by atoms with Crippen LogP contribution in [0.4, 0.5) is 15.8 Å². The van der Waals surface area contributed by atoms with Crippen molar-refractivity contribution < 1.29 is 13.9 Å². The lowest BCUT2D eigenvalue weighted by atomic mass is 10.1. The molecular formula is C22H26FN3O2. The van der Waals surface area contributed by atoms with E-state index in [2.05, 4.69) is 9.80 Å². The fraction of sp³-hybridized carbons (Fsp3) is 0.409. The molecule has 2 aromatic rings. The monoisotopic (exact) mass is 383 g/mol. The number of ether oxygens (including phenoxy) is 1.